The van der Waals surface area contributed by atoms with Crippen LogP contribution in [0.1, 0.15) is 107 Å². The maximum absolute atomic E-state index is 8.03. The van der Waals surface area contributed by atoms with E-state index in [1.807, 2.05) is 0 Å². The van der Waals surface area contributed by atoms with E-state index < -0.39 is 5.85 Å². The van der Waals surface area contributed by atoms with E-state index >= 15 is 0 Å². The van der Waals surface area contributed by atoms with Crippen molar-refractivity contribution in [3.8, 4) is 34.0 Å². The van der Waals surface area contributed by atoms with Crippen LogP contribution in [0.3, 0.4) is 0 Å². The zero-order valence-corrected chi connectivity index (χ0v) is 32.3. The molecule has 0 fully saturated rings. The Morgan fingerprint density at radius 1 is 0.679 bits per heavy atom. The van der Waals surface area contributed by atoms with Crippen LogP contribution in [0.15, 0.2) is 97.1 Å². The predicted octanol–water partition coefficient (Wildman–Crippen LogP) is 9.98. The third-order valence-corrected chi connectivity index (χ3v) is 12.6. The number of hydrogen-bond donors (Lipinski definition) is 0. The van der Waals surface area contributed by atoms with Crippen LogP contribution in [0, 0.1) is 0 Å². The third kappa shape index (κ3) is 3.83. The molecule has 5 aromatic carbocycles. The van der Waals surface area contributed by atoms with E-state index in [0.29, 0.717) is 0 Å². The number of aromatic nitrogens is 2. The van der Waals surface area contributed by atoms with Gasteiger partial charge in [0.1, 0.15) is 22.4 Å². The Morgan fingerprint density at radius 2 is 1.38 bits per heavy atom. The summed E-state index contributed by atoms with van der Waals surface area (Å²) < 4.78 is 22.8. The highest BCUT2D eigenvalue weighted by atomic mass is 16.6. The van der Waals surface area contributed by atoms with Crippen LogP contribution < -0.4 is 9.30 Å². The van der Waals surface area contributed by atoms with Crippen molar-refractivity contribution in [2.24, 2.45) is 0 Å². The van der Waals surface area contributed by atoms with Gasteiger partial charge in [0.25, 0.3) is 0 Å². The maximum Gasteiger partial charge on any atom is 0.498 e. The molecule has 0 amide bonds. The normalized spacial score (nSPS) is 21.5. The molecule has 0 N–H and O–H groups in total. The molecule has 11 rings (SSSR count). The van der Waals surface area contributed by atoms with Crippen molar-refractivity contribution in [2.45, 2.75) is 103 Å². The molecular formula is C48H47N3O2+2. The van der Waals surface area contributed by atoms with E-state index in [4.69, 9.17) is 9.47 Å². The van der Waals surface area contributed by atoms with Crippen molar-refractivity contribution >= 4 is 16.9 Å². The number of ether oxygens (including phenoxy) is 2. The highest BCUT2D eigenvalue weighted by Gasteiger charge is 2.75. The Bertz CT molecular complexity index is 2660. The lowest BCUT2D eigenvalue weighted by atomic mass is 9.78. The minimum atomic E-state index is -1.01. The second-order valence-corrected chi connectivity index (χ2v) is 19.0. The van der Waals surface area contributed by atoms with Gasteiger partial charge in [-0.1, -0.05) is 123 Å². The summed E-state index contributed by atoms with van der Waals surface area (Å²) in [6, 6.07) is 36.6. The fourth-order valence-electron chi connectivity index (χ4n) is 10.0. The molecule has 6 aromatic rings. The molecule has 1 aliphatic carbocycles. The molecule has 0 bridgehead atoms. The van der Waals surface area contributed by atoms with Crippen molar-refractivity contribution in [3.05, 3.63) is 136 Å². The molecule has 4 aliphatic heterocycles. The summed E-state index contributed by atoms with van der Waals surface area (Å²) in [4.78, 5) is 0. The second-order valence-electron chi connectivity index (χ2n) is 19.0. The molecule has 53 heavy (non-hydrogen) atoms. The Hall–Kier alpha value is -5.16. The smallest absolute Gasteiger partial charge is 0.433 e. The average Bonchev–Trinajstić information content (AvgIpc) is 3.83. The van der Waals surface area contributed by atoms with Gasteiger partial charge in [-0.05, 0) is 69.3 Å². The van der Waals surface area contributed by atoms with Crippen molar-refractivity contribution < 1.29 is 18.6 Å². The van der Waals surface area contributed by atoms with E-state index in [2.05, 4.69) is 173 Å². The molecule has 1 spiro atoms. The number of fused-ring (bicyclic) bond motifs is 8. The largest absolute Gasteiger partial charge is 0.498 e. The van der Waals surface area contributed by atoms with Crippen LogP contribution in [0.25, 0.3) is 39.2 Å². The molecule has 5 nitrogen and oxygen atoms in total. The fourth-order valence-corrected chi connectivity index (χ4v) is 10.0. The first-order valence-electron chi connectivity index (χ1n) is 19.3. The van der Waals surface area contributed by atoms with Gasteiger partial charge in [-0.15, -0.1) is 9.14 Å². The fraction of sp³-hybridized carbons (Fsp3) is 0.333. The lowest BCUT2D eigenvalue weighted by Crippen LogP contribution is -2.69. The first-order chi connectivity index (χ1) is 25.2. The number of imidazole rings is 1. The van der Waals surface area contributed by atoms with Crippen molar-refractivity contribution in [2.75, 3.05) is 0 Å². The molecule has 0 radical (unpaired) electrons. The van der Waals surface area contributed by atoms with Gasteiger partial charge >= 0.3 is 17.6 Å². The first-order valence-corrected chi connectivity index (χ1v) is 19.3. The monoisotopic (exact) mass is 697 g/mol. The number of para-hydroxylation sites is 1. The average molecular weight is 698 g/mol. The Kier molecular flexibility index (Phi) is 5.73. The van der Waals surface area contributed by atoms with Gasteiger partial charge in [0.2, 0.25) is 6.04 Å². The van der Waals surface area contributed by atoms with Gasteiger partial charge in [0.15, 0.2) is 22.9 Å². The van der Waals surface area contributed by atoms with Gasteiger partial charge in [0.05, 0.1) is 0 Å². The van der Waals surface area contributed by atoms with E-state index in [0.717, 1.165) is 40.7 Å². The summed E-state index contributed by atoms with van der Waals surface area (Å²) >= 11 is 0. The molecule has 5 heteroatoms. The van der Waals surface area contributed by atoms with Gasteiger partial charge in [0, 0.05) is 28.7 Å². The zero-order valence-electron chi connectivity index (χ0n) is 32.3. The SMILES string of the molecule is CC(C)(C)c1ccc(-n2c3[n+]4c5c(cccc52)-c2cccc5c2C4(Oc2c-3cc(C(C)(C)C)cc2C(C)(C)C)[N+]2=C5O[C@H]3Cc4ccccc4[C@H]32)cc1. The zero-order chi connectivity index (χ0) is 36.6. The summed E-state index contributed by atoms with van der Waals surface area (Å²) in [5.41, 5.74) is 15.7. The Labute approximate surface area is 312 Å². The summed E-state index contributed by atoms with van der Waals surface area (Å²) in [5.74, 6) is 2.03. The van der Waals surface area contributed by atoms with E-state index in [-0.39, 0.29) is 28.4 Å². The summed E-state index contributed by atoms with van der Waals surface area (Å²) in [6.45, 7) is 20.8. The summed E-state index contributed by atoms with van der Waals surface area (Å²) in [6.07, 6.45) is 0.891. The maximum atomic E-state index is 8.03. The van der Waals surface area contributed by atoms with Gasteiger partial charge < -0.3 is 9.47 Å². The van der Waals surface area contributed by atoms with Crippen LogP contribution in [-0.2, 0) is 33.3 Å². The second kappa shape index (κ2) is 9.68. The lowest BCUT2D eigenvalue weighted by Gasteiger charge is -2.37. The molecule has 0 saturated heterocycles. The van der Waals surface area contributed by atoms with Gasteiger partial charge in [-0.2, -0.15) is 4.57 Å². The quantitative estimate of drug-likeness (QED) is 0.160. The van der Waals surface area contributed by atoms with Crippen molar-refractivity contribution in [3.63, 3.8) is 0 Å². The van der Waals surface area contributed by atoms with Crippen LogP contribution >= 0.6 is 0 Å². The first kappa shape index (κ1) is 31.4. The number of hydrogen-bond acceptors (Lipinski definition) is 2. The van der Waals surface area contributed by atoms with Crippen LogP contribution in [-0.4, -0.2) is 21.1 Å². The molecule has 3 atom stereocenters. The van der Waals surface area contributed by atoms with E-state index in [9.17, 15) is 0 Å². The van der Waals surface area contributed by atoms with Crippen LogP contribution in [0.2, 0.25) is 0 Å². The molecule has 5 heterocycles. The summed E-state index contributed by atoms with van der Waals surface area (Å²) in [5, 5.41) is 0. The topological polar surface area (TPSA) is 30.3 Å². The number of nitrogens with zero attached hydrogens (tertiary/aromatic N) is 3. The predicted molar refractivity (Wildman–Crippen MR) is 210 cm³/mol. The van der Waals surface area contributed by atoms with Gasteiger partial charge in [-0.25, -0.2) is 0 Å². The molecule has 1 aromatic heterocycles. The number of benzene rings is 5. The van der Waals surface area contributed by atoms with E-state index in [1.165, 1.54) is 55.5 Å². The molecular weight excluding hydrogens is 651 g/mol. The highest BCUT2D eigenvalue weighted by molar-refractivity contribution is 6.02. The minimum Gasteiger partial charge on any atom is -0.433 e. The van der Waals surface area contributed by atoms with Crippen LogP contribution in [0.4, 0.5) is 0 Å². The van der Waals surface area contributed by atoms with Crippen molar-refractivity contribution in [1.82, 2.24) is 4.57 Å². The third-order valence-electron chi connectivity index (χ3n) is 12.6. The molecule has 1 unspecified atom stereocenters. The van der Waals surface area contributed by atoms with E-state index in [1.54, 1.807) is 0 Å². The Balaban J connectivity index is 1.34. The molecule has 0 saturated carbocycles. The van der Waals surface area contributed by atoms with Gasteiger partial charge in [-0.3, -0.25) is 0 Å². The summed E-state index contributed by atoms with van der Waals surface area (Å²) in [7, 11) is 0. The highest BCUT2D eigenvalue weighted by Crippen LogP contribution is 2.58. The lowest BCUT2D eigenvalue weighted by molar-refractivity contribution is -0.949. The standard InChI is InChI=1S/C48H47N3O2/c1-45(2,3)28-20-22-30(23-21-28)49-37-19-13-17-33-32-16-12-18-34-39(32)48(51-41-31-15-11-10-14-27(31)24-38(41)52-44(34)51)50(40(33)37)43(49)35-25-29(46(4,5)6)26-36(42(35)53-48)47(7,8)9/h10-23,25-26,38,41H,24H2,1-9H3/q+2/t38-,41+,48?/m0/s1. The molecule has 5 aliphatic rings. The van der Waals surface area contributed by atoms with Crippen LogP contribution in [0.5, 0.6) is 5.75 Å². The number of rotatable bonds is 1. The molecule has 264 valence electrons. The Morgan fingerprint density at radius 3 is 2.11 bits per heavy atom. The van der Waals surface area contributed by atoms with Crippen molar-refractivity contribution in [1.29, 1.82) is 0 Å². The minimum absolute atomic E-state index is 0.00464.